The van der Waals surface area contributed by atoms with Crippen LogP contribution in [-0.2, 0) is 14.3 Å². The summed E-state index contributed by atoms with van der Waals surface area (Å²) in [5.74, 6) is -2.02. The van der Waals surface area contributed by atoms with Crippen LogP contribution < -0.4 is 5.73 Å². The summed E-state index contributed by atoms with van der Waals surface area (Å²) in [5.41, 5.74) is 4.75. The van der Waals surface area contributed by atoms with E-state index in [1.807, 2.05) is 0 Å². The van der Waals surface area contributed by atoms with Crippen LogP contribution >= 0.6 is 0 Å². The molecule has 0 aromatic heterocycles. The molecular weight excluding hydrogens is 162 g/mol. The van der Waals surface area contributed by atoms with Crippen molar-refractivity contribution in [2.24, 2.45) is 5.73 Å². The second-order valence-corrected chi connectivity index (χ2v) is 2.17. The number of carbonyl (C=O) groups excluding carboxylic acids is 1. The van der Waals surface area contributed by atoms with Gasteiger partial charge >= 0.3 is 5.97 Å². The van der Waals surface area contributed by atoms with Crippen LogP contribution in [0.5, 0.6) is 0 Å². The molecule has 0 fully saturated rings. The average Bonchev–Trinajstić information content (AvgIpc) is 2.04. The number of amides is 1. The lowest BCUT2D eigenvalue weighted by molar-refractivity contribution is -0.137. The van der Waals surface area contributed by atoms with Gasteiger partial charge in [0.2, 0.25) is 6.10 Å². The fourth-order valence-corrected chi connectivity index (χ4v) is 0.831. The third-order valence-corrected chi connectivity index (χ3v) is 1.36. The van der Waals surface area contributed by atoms with E-state index in [9.17, 15) is 9.59 Å². The minimum atomic E-state index is -1.21. The highest BCUT2D eigenvalue weighted by molar-refractivity contribution is 5.97. The van der Waals surface area contributed by atoms with Crippen molar-refractivity contribution in [2.75, 3.05) is 0 Å². The Hall–Kier alpha value is -1.78. The Morgan fingerprint density at radius 2 is 2.25 bits per heavy atom. The van der Waals surface area contributed by atoms with Crippen molar-refractivity contribution in [3.05, 3.63) is 24.0 Å². The van der Waals surface area contributed by atoms with Crippen LogP contribution in [-0.4, -0.2) is 23.1 Å². The number of aliphatic carboxylic acids is 1. The zero-order valence-electron chi connectivity index (χ0n) is 6.06. The summed E-state index contributed by atoms with van der Waals surface area (Å²) in [6.45, 7) is 0. The predicted octanol–water partition coefficient (Wildman–Crippen LogP) is -0.605. The normalized spacial score (nSPS) is 21.0. The maximum absolute atomic E-state index is 10.6. The lowest BCUT2D eigenvalue weighted by atomic mass is 10.1. The van der Waals surface area contributed by atoms with Gasteiger partial charge < -0.3 is 15.6 Å². The summed E-state index contributed by atoms with van der Waals surface area (Å²) >= 11 is 0. The molecule has 1 unspecified atom stereocenters. The predicted molar refractivity (Wildman–Crippen MR) is 38.9 cm³/mol. The Kier molecular flexibility index (Phi) is 2.14. The number of primary amides is 1. The molecule has 1 atom stereocenters. The van der Waals surface area contributed by atoms with Gasteiger partial charge in [0.25, 0.3) is 5.91 Å². The Morgan fingerprint density at radius 3 is 2.67 bits per heavy atom. The van der Waals surface area contributed by atoms with Crippen LogP contribution in [0.3, 0.4) is 0 Å². The van der Waals surface area contributed by atoms with Gasteiger partial charge in [-0.05, 0) is 12.2 Å². The molecule has 12 heavy (non-hydrogen) atoms. The fraction of sp³-hybridized carbons (Fsp3) is 0.143. The van der Waals surface area contributed by atoms with E-state index in [0.717, 1.165) is 0 Å². The summed E-state index contributed by atoms with van der Waals surface area (Å²) in [4.78, 5) is 21.1. The van der Waals surface area contributed by atoms with Gasteiger partial charge in [-0.3, -0.25) is 4.79 Å². The number of carbonyl (C=O) groups is 2. The zero-order valence-corrected chi connectivity index (χ0v) is 6.06. The van der Waals surface area contributed by atoms with Crippen LogP contribution in [0.2, 0.25) is 0 Å². The molecule has 1 heterocycles. The lowest BCUT2D eigenvalue weighted by Gasteiger charge is -2.15. The SMILES string of the molecule is NC(=O)C1OC=CC=C1C(=O)O. The first kappa shape index (κ1) is 8.32. The molecule has 0 spiro atoms. The highest BCUT2D eigenvalue weighted by atomic mass is 16.5. The molecule has 64 valence electrons. The lowest BCUT2D eigenvalue weighted by Crippen LogP contribution is -2.35. The van der Waals surface area contributed by atoms with Crippen LogP contribution in [0.25, 0.3) is 0 Å². The molecule has 0 saturated heterocycles. The number of nitrogens with two attached hydrogens (primary N) is 1. The number of hydrogen-bond acceptors (Lipinski definition) is 3. The zero-order chi connectivity index (χ0) is 9.14. The third-order valence-electron chi connectivity index (χ3n) is 1.36. The van der Waals surface area contributed by atoms with Gasteiger partial charge in [-0.15, -0.1) is 0 Å². The largest absolute Gasteiger partial charge is 0.483 e. The summed E-state index contributed by atoms with van der Waals surface area (Å²) in [6, 6.07) is 0. The smallest absolute Gasteiger partial charge is 0.335 e. The average molecular weight is 169 g/mol. The summed E-state index contributed by atoms with van der Waals surface area (Å²) in [5, 5.41) is 8.57. The van der Waals surface area contributed by atoms with E-state index in [1.165, 1.54) is 18.4 Å². The van der Waals surface area contributed by atoms with Gasteiger partial charge in [0.15, 0.2) is 0 Å². The van der Waals surface area contributed by atoms with Crippen molar-refractivity contribution in [3.8, 4) is 0 Å². The molecule has 1 amide bonds. The van der Waals surface area contributed by atoms with Crippen LogP contribution in [0.1, 0.15) is 0 Å². The van der Waals surface area contributed by atoms with E-state index in [1.54, 1.807) is 0 Å². The number of rotatable bonds is 2. The Labute approximate surface area is 68.1 Å². The minimum absolute atomic E-state index is 0.148. The van der Waals surface area contributed by atoms with E-state index < -0.39 is 18.0 Å². The second-order valence-electron chi connectivity index (χ2n) is 2.17. The Bertz CT molecular complexity index is 279. The molecular formula is C7H7NO4. The molecule has 0 bridgehead atoms. The van der Waals surface area contributed by atoms with Crippen molar-refractivity contribution in [3.63, 3.8) is 0 Å². The third kappa shape index (κ3) is 1.45. The van der Waals surface area contributed by atoms with Crippen LogP contribution in [0, 0.1) is 0 Å². The van der Waals surface area contributed by atoms with E-state index >= 15 is 0 Å². The quantitative estimate of drug-likeness (QED) is 0.577. The summed E-state index contributed by atoms with van der Waals surface area (Å²) in [7, 11) is 0. The minimum Gasteiger partial charge on any atom is -0.483 e. The van der Waals surface area contributed by atoms with Crippen molar-refractivity contribution in [1.29, 1.82) is 0 Å². The topological polar surface area (TPSA) is 89.6 Å². The molecule has 1 aliphatic rings. The molecule has 0 radical (unpaired) electrons. The van der Waals surface area contributed by atoms with Crippen LogP contribution in [0.4, 0.5) is 0 Å². The van der Waals surface area contributed by atoms with E-state index in [0.29, 0.717) is 0 Å². The summed E-state index contributed by atoms with van der Waals surface area (Å²) < 4.78 is 4.71. The monoisotopic (exact) mass is 169 g/mol. The molecule has 3 N–H and O–H groups in total. The standard InChI is InChI=1S/C7H7NO4/c8-6(9)5-4(7(10)11)2-1-3-12-5/h1-3,5H,(H2,8,9)(H,10,11). The number of carboxylic acid groups (broad SMARTS) is 1. The highest BCUT2D eigenvalue weighted by Gasteiger charge is 2.27. The number of hydrogen-bond donors (Lipinski definition) is 2. The van der Waals surface area contributed by atoms with Gasteiger partial charge in [-0.2, -0.15) is 0 Å². The first-order valence-corrected chi connectivity index (χ1v) is 3.17. The van der Waals surface area contributed by atoms with Crippen molar-refractivity contribution < 1.29 is 19.4 Å². The van der Waals surface area contributed by atoms with Crippen molar-refractivity contribution in [2.45, 2.75) is 6.10 Å². The van der Waals surface area contributed by atoms with E-state index in [4.69, 9.17) is 15.6 Å². The molecule has 0 saturated carbocycles. The molecule has 1 aliphatic heterocycles. The second kappa shape index (κ2) is 3.08. The Balaban J connectivity index is 2.91. The van der Waals surface area contributed by atoms with Gasteiger partial charge in [0, 0.05) is 0 Å². The van der Waals surface area contributed by atoms with Crippen molar-refractivity contribution in [1.82, 2.24) is 0 Å². The molecule has 0 aromatic rings. The van der Waals surface area contributed by atoms with Gasteiger partial charge in [-0.1, -0.05) is 0 Å². The summed E-state index contributed by atoms with van der Waals surface area (Å²) in [6.07, 6.45) is 2.72. The first-order valence-electron chi connectivity index (χ1n) is 3.17. The first-order chi connectivity index (χ1) is 5.63. The highest BCUT2D eigenvalue weighted by Crippen LogP contribution is 2.12. The maximum atomic E-state index is 10.6. The number of ether oxygens (including phenoxy) is 1. The number of carboxylic acids is 1. The molecule has 5 nitrogen and oxygen atoms in total. The van der Waals surface area contributed by atoms with E-state index in [-0.39, 0.29) is 5.57 Å². The fourth-order valence-electron chi connectivity index (χ4n) is 0.831. The molecule has 5 heteroatoms. The van der Waals surface area contributed by atoms with Crippen molar-refractivity contribution >= 4 is 11.9 Å². The number of allylic oxidation sites excluding steroid dienone is 2. The van der Waals surface area contributed by atoms with Gasteiger partial charge in [0.05, 0.1) is 11.8 Å². The maximum Gasteiger partial charge on any atom is 0.335 e. The van der Waals surface area contributed by atoms with Gasteiger partial charge in [0.1, 0.15) is 0 Å². The molecule has 1 rings (SSSR count). The van der Waals surface area contributed by atoms with Gasteiger partial charge in [-0.25, -0.2) is 4.79 Å². The Morgan fingerprint density at radius 1 is 1.58 bits per heavy atom. The van der Waals surface area contributed by atoms with E-state index in [2.05, 4.69) is 0 Å². The molecule has 0 aromatic carbocycles. The molecule has 0 aliphatic carbocycles. The van der Waals surface area contributed by atoms with Crippen LogP contribution in [0.15, 0.2) is 24.0 Å².